The quantitative estimate of drug-likeness (QED) is 0.787. The van der Waals surface area contributed by atoms with Crippen LogP contribution >= 0.6 is 11.3 Å². The monoisotopic (exact) mass is 240 g/mol. The van der Waals surface area contributed by atoms with E-state index in [4.69, 9.17) is 10.8 Å². The molecule has 5 heteroatoms. The van der Waals surface area contributed by atoms with Crippen molar-refractivity contribution >= 4 is 17.4 Å². The topological polar surface area (TPSA) is 66.6 Å². The minimum atomic E-state index is -0.842. The largest absolute Gasteiger partial charge is 0.465 e. The molecule has 0 unspecified atom stereocenters. The summed E-state index contributed by atoms with van der Waals surface area (Å²) in [6.45, 7) is 3.13. The standard InChI is InChI=1S/C11H16N2O2S/c1-7-3-5-16-10(7)8-6-13(11(14)15)4-2-9(8)12/h3,5,8-9H,2,4,6,12H2,1H3,(H,14,15)/t8-,9-/m1/s1. The highest BCUT2D eigenvalue weighted by Crippen LogP contribution is 2.32. The molecule has 4 nitrogen and oxygen atoms in total. The van der Waals surface area contributed by atoms with Crippen molar-refractivity contribution in [1.29, 1.82) is 0 Å². The highest BCUT2D eigenvalue weighted by atomic mass is 32.1. The van der Waals surface area contributed by atoms with Crippen molar-refractivity contribution in [1.82, 2.24) is 4.90 Å². The van der Waals surface area contributed by atoms with E-state index >= 15 is 0 Å². The normalized spacial score (nSPS) is 25.8. The fraction of sp³-hybridized carbons (Fsp3) is 0.545. The summed E-state index contributed by atoms with van der Waals surface area (Å²) < 4.78 is 0. The Bertz CT molecular complexity index is 391. The van der Waals surface area contributed by atoms with E-state index in [0.29, 0.717) is 13.1 Å². The predicted molar refractivity (Wildman–Crippen MR) is 64.0 cm³/mol. The Hall–Kier alpha value is -1.07. The average molecular weight is 240 g/mol. The Kier molecular flexibility index (Phi) is 3.16. The molecule has 0 bridgehead atoms. The summed E-state index contributed by atoms with van der Waals surface area (Å²) in [5.74, 6) is 0.157. The average Bonchev–Trinajstić information content (AvgIpc) is 2.65. The van der Waals surface area contributed by atoms with E-state index in [1.807, 2.05) is 5.38 Å². The van der Waals surface area contributed by atoms with Gasteiger partial charge in [-0.1, -0.05) is 0 Å². The molecule has 16 heavy (non-hydrogen) atoms. The molecule has 0 saturated carbocycles. The van der Waals surface area contributed by atoms with Gasteiger partial charge in [-0.3, -0.25) is 0 Å². The molecular weight excluding hydrogens is 224 g/mol. The minimum Gasteiger partial charge on any atom is -0.465 e. The number of piperidine rings is 1. The maximum atomic E-state index is 10.9. The lowest BCUT2D eigenvalue weighted by Crippen LogP contribution is -2.47. The number of amides is 1. The van der Waals surface area contributed by atoms with Crippen LogP contribution in [-0.2, 0) is 0 Å². The molecule has 88 valence electrons. The maximum absolute atomic E-state index is 10.9. The van der Waals surface area contributed by atoms with Gasteiger partial charge in [0.2, 0.25) is 0 Å². The van der Waals surface area contributed by atoms with Gasteiger partial charge in [-0.2, -0.15) is 0 Å². The first kappa shape index (κ1) is 11.4. The minimum absolute atomic E-state index is 0.0768. The first-order chi connectivity index (χ1) is 7.59. The molecule has 2 atom stereocenters. The van der Waals surface area contributed by atoms with Gasteiger partial charge in [0.15, 0.2) is 0 Å². The number of nitrogens with zero attached hydrogens (tertiary/aromatic N) is 1. The molecule has 1 saturated heterocycles. The van der Waals surface area contributed by atoms with Gasteiger partial charge in [0.1, 0.15) is 0 Å². The molecular formula is C11H16N2O2S. The van der Waals surface area contributed by atoms with Gasteiger partial charge in [0, 0.05) is 29.9 Å². The maximum Gasteiger partial charge on any atom is 0.407 e. The number of carbonyl (C=O) groups is 1. The van der Waals surface area contributed by atoms with E-state index in [0.717, 1.165) is 6.42 Å². The Morgan fingerprint density at radius 1 is 1.69 bits per heavy atom. The summed E-state index contributed by atoms with van der Waals surface area (Å²) in [4.78, 5) is 13.6. The summed E-state index contributed by atoms with van der Waals surface area (Å²) in [6.07, 6.45) is -0.0972. The molecule has 0 aliphatic carbocycles. The van der Waals surface area contributed by atoms with Crippen LogP contribution in [0.15, 0.2) is 11.4 Å². The van der Waals surface area contributed by atoms with Crippen molar-refractivity contribution < 1.29 is 9.90 Å². The van der Waals surface area contributed by atoms with Gasteiger partial charge >= 0.3 is 6.09 Å². The van der Waals surface area contributed by atoms with Crippen LogP contribution in [-0.4, -0.2) is 35.2 Å². The third kappa shape index (κ3) is 2.05. The van der Waals surface area contributed by atoms with Crippen molar-refractivity contribution in [2.24, 2.45) is 5.73 Å². The lowest BCUT2D eigenvalue weighted by molar-refractivity contribution is 0.126. The second-order valence-electron chi connectivity index (χ2n) is 4.26. The van der Waals surface area contributed by atoms with Crippen LogP contribution < -0.4 is 5.73 Å². The molecule has 1 aliphatic heterocycles. The summed E-state index contributed by atoms with van der Waals surface area (Å²) in [7, 11) is 0. The second kappa shape index (κ2) is 4.43. The highest BCUT2D eigenvalue weighted by Gasteiger charge is 2.31. The van der Waals surface area contributed by atoms with Crippen molar-refractivity contribution in [2.75, 3.05) is 13.1 Å². The van der Waals surface area contributed by atoms with Crippen LogP contribution in [0.2, 0.25) is 0 Å². The van der Waals surface area contributed by atoms with Gasteiger partial charge in [0.25, 0.3) is 0 Å². The molecule has 1 amide bonds. The number of nitrogens with two attached hydrogens (primary N) is 1. The molecule has 2 rings (SSSR count). The second-order valence-corrected chi connectivity index (χ2v) is 5.20. The smallest absolute Gasteiger partial charge is 0.407 e. The number of carboxylic acid groups (broad SMARTS) is 1. The molecule has 1 aromatic heterocycles. The molecule has 1 aromatic rings. The fourth-order valence-electron chi connectivity index (χ4n) is 2.19. The lowest BCUT2D eigenvalue weighted by atomic mass is 9.90. The number of hydrogen-bond acceptors (Lipinski definition) is 3. The number of rotatable bonds is 1. The van der Waals surface area contributed by atoms with Gasteiger partial charge in [-0.15, -0.1) is 11.3 Å². The molecule has 1 fully saturated rings. The molecule has 0 spiro atoms. The number of aryl methyl sites for hydroxylation is 1. The van der Waals surface area contributed by atoms with Crippen LogP contribution in [0.25, 0.3) is 0 Å². The Morgan fingerprint density at radius 2 is 2.44 bits per heavy atom. The van der Waals surface area contributed by atoms with Gasteiger partial charge < -0.3 is 15.7 Å². The third-order valence-electron chi connectivity index (χ3n) is 3.18. The van der Waals surface area contributed by atoms with Crippen molar-refractivity contribution in [3.63, 3.8) is 0 Å². The number of hydrogen-bond donors (Lipinski definition) is 2. The van der Waals surface area contributed by atoms with Crippen LogP contribution in [0.4, 0.5) is 4.79 Å². The van der Waals surface area contributed by atoms with Crippen LogP contribution in [0.3, 0.4) is 0 Å². The van der Waals surface area contributed by atoms with Gasteiger partial charge in [0.05, 0.1) is 0 Å². The molecule has 1 aliphatic rings. The van der Waals surface area contributed by atoms with Crippen LogP contribution in [0.1, 0.15) is 22.8 Å². The van der Waals surface area contributed by atoms with Crippen molar-refractivity contribution in [2.45, 2.75) is 25.3 Å². The Labute approximate surface area is 98.7 Å². The van der Waals surface area contributed by atoms with Crippen molar-refractivity contribution in [3.05, 3.63) is 21.9 Å². The summed E-state index contributed by atoms with van der Waals surface area (Å²) in [5.41, 5.74) is 7.31. The highest BCUT2D eigenvalue weighted by molar-refractivity contribution is 7.10. The third-order valence-corrected chi connectivity index (χ3v) is 4.33. The zero-order valence-corrected chi connectivity index (χ0v) is 10.0. The summed E-state index contributed by atoms with van der Waals surface area (Å²) in [6, 6.07) is 2.14. The van der Waals surface area contributed by atoms with E-state index in [2.05, 4.69) is 13.0 Å². The van der Waals surface area contributed by atoms with Crippen LogP contribution in [0.5, 0.6) is 0 Å². The Morgan fingerprint density at radius 3 is 3.00 bits per heavy atom. The van der Waals surface area contributed by atoms with Gasteiger partial charge in [-0.25, -0.2) is 4.79 Å². The van der Waals surface area contributed by atoms with E-state index in [1.54, 1.807) is 11.3 Å². The van der Waals surface area contributed by atoms with Gasteiger partial charge in [-0.05, 0) is 30.4 Å². The zero-order chi connectivity index (χ0) is 11.7. The first-order valence-electron chi connectivity index (χ1n) is 5.37. The number of thiophene rings is 1. The van der Waals surface area contributed by atoms with E-state index in [-0.39, 0.29) is 12.0 Å². The van der Waals surface area contributed by atoms with E-state index < -0.39 is 6.09 Å². The number of likely N-dealkylation sites (tertiary alicyclic amines) is 1. The molecule has 2 heterocycles. The lowest BCUT2D eigenvalue weighted by Gasteiger charge is -2.35. The Balaban J connectivity index is 2.19. The van der Waals surface area contributed by atoms with Crippen LogP contribution in [0, 0.1) is 6.92 Å². The van der Waals surface area contributed by atoms with E-state index in [1.165, 1.54) is 15.3 Å². The summed E-state index contributed by atoms with van der Waals surface area (Å²) in [5, 5.41) is 11.0. The molecule has 3 N–H and O–H groups in total. The fourth-order valence-corrected chi connectivity index (χ4v) is 3.28. The predicted octanol–water partition coefficient (Wildman–Crippen LogP) is 1.85. The first-order valence-corrected chi connectivity index (χ1v) is 6.25. The SMILES string of the molecule is Cc1ccsc1[C@@H]1CN(C(=O)O)CC[C@H]1N. The molecule has 0 aromatic carbocycles. The zero-order valence-electron chi connectivity index (χ0n) is 9.22. The molecule has 0 radical (unpaired) electrons. The van der Waals surface area contributed by atoms with E-state index in [9.17, 15) is 4.79 Å². The summed E-state index contributed by atoms with van der Waals surface area (Å²) >= 11 is 1.67. The van der Waals surface area contributed by atoms with Crippen molar-refractivity contribution in [3.8, 4) is 0 Å².